The van der Waals surface area contributed by atoms with Crippen molar-refractivity contribution in [2.45, 2.75) is 45.4 Å². The Kier molecular flexibility index (Phi) is 17.8. The van der Waals surface area contributed by atoms with Crippen molar-refractivity contribution in [3.05, 3.63) is 0 Å². The van der Waals surface area contributed by atoms with Crippen molar-refractivity contribution in [2.75, 3.05) is 0 Å². The van der Waals surface area contributed by atoms with Crippen molar-refractivity contribution in [2.24, 2.45) is 0 Å². The van der Waals surface area contributed by atoms with Crippen LogP contribution in [0, 0.1) is 0 Å². The quantitative estimate of drug-likeness (QED) is 0.336. The molecule has 8 heteroatoms. The van der Waals surface area contributed by atoms with Gasteiger partial charge >= 0.3 is 13.8 Å². The molecule has 0 heterocycles. The van der Waals surface area contributed by atoms with Crippen LogP contribution in [0.25, 0.3) is 0 Å². The van der Waals surface area contributed by atoms with Crippen LogP contribution in [0.5, 0.6) is 0 Å². The summed E-state index contributed by atoms with van der Waals surface area (Å²) in [6.07, 6.45) is 5.88. The van der Waals surface area contributed by atoms with E-state index in [1.807, 2.05) is 0 Å². The first kappa shape index (κ1) is 21.5. The molecule has 0 saturated carbocycles. The third-order valence-electron chi connectivity index (χ3n) is 1.49. The van der Waals surface area contributed by atoms with E-state index >= 15 is 0 Å². The van der Waals surface area contributed by atoms with Crippen molar-refractivity contribution in [3.8, 4) is 0 Å². The smallest absolute Gasteiger partial charge is 0.466 e. The van der Waals surface area contributed by atoms with Crippen LogP contribution in [-0.2, 0) is 28.8 Å². The topological polar surface area (TPSA) is 115 Å². The maximum atomic E-state index is 10.0. The summed E-state index contributed by atoms with van der Waals surface area (Å²) in [4.78, 5) is 31.6. The van der Waals surface area contributed by atoms with Gasteiger partial charge in [0.05, 0.1) is 0 Å². The van der Waals surface area contributed by atoms with Gasteiger partial charge in [0, 0.05) is 25.9 Å². The van der Waals surface area contributed by atoms with Gasteiger partial charge in [0.1, 0.15) is 0 Å². The molecule has 0 aromatic carbocycles. The summed E-state index contributed by atoms with van der Waals surface area (Å²) >= 11 is 0. The Labute approximate surface area is 108 Å². The van der Waals surface area contributed by atoms with Gasteiger partial charge in [0.15, 0.2) is 0 Å². The Hall–Kier alpha value is 0.203. The number of carboxylic acids is 1. The Balaban J connectivity index is -0.000000242. The largest absolute Gasteiger partial charge is 0.481 e. The normalized spacial score (nSPS) is 9.75. The van der Waals surface area contributed by atoms with Crippen molar-refractivity contribution < 1.29 is 48.6 Å². The Morgan fingerprint density at radius 2 is 1.44 bits per heavy atom. The van der Waals surface area contributed by atoms with E-state index in [2.05, 4.69) is 6.92 Å². The predicted octanol–water partition coefficient (Wildman–Crippen LogP) is 1.50. The monoisotopic (exact) mass is 306 g/mol. The van der Waals surface area contributed by atoms with Gasteiger partial charge < -0.3 is 19.8 Å². The van der Waals surface area contributed by atoms with Gasteiger partial charge in [-0.25, -0.2) is 4.57 Å². The van der Waals surface area contributed by atoms with Crippen molar-refractivity contribution in [1.29, 1.82) is 0 Å². The average Bonchev–Trinajstić information content (AvgIpc) is 2.00. The Bertz CT molecular complexity index is 196. The van der Waals surface area contributed by atoms with Gasteiger partial charge in [0.25, 0.3) is 0 Å². The second-order valence-electron chi connectivity index (χ2n) is 3.07. The zero-order chi connectivity index (χ0) is 12.3. The van der Waals surface area contributed by atoms with E-state index in [1.165, 1.54) is 19.3 Å². The molecular weight excluding hydrogens is 288 g/mol. The van der Waals surface area contributed by atoms with Gasteiger partial charge in [-0.15, -0.1) is 0 Å². The van der Waals surface area contributed by atoms with Crippen LogP contribution in [0.1, 0.15) is 45.4 Å². The fourth-order valence-electron chi connectivity index (χ4n) is 0.880. The molecule has 94 valence electrons. The Morgan fingerprint density at radius 3 is 1.75 bits per heavy atom. The molecular formula is C8H19O6PZn. The molecule has 0 radical (unpaired) electrons. The number of hydrogen-bond donors (Lipinski definition) is 4. The zero-order valence-corrected chi connectivity index (χ0v) is 13.4. The Morgan fingerprint density at radius 1 is 1.06 bits per heavy atom. The molecule has 0 bridgehead atoms. The van der Waals surface area contributed by atoms with Crippen LogP contribution in [0.2, 0.25) is 0 Å². The van der Waals surface area contributed by atoms with Gasteiger partial charge in [0.2, 0.25) is 0 Å². The second-order valence-corrected chi connectivity index (χ2v) is 4.10. The van der Waals surface area contributed by atoms with Gasteiger partial charge in [-0.1, -0.05) is 32.6 Å². The van der Waals surface area contributed by atoms with Crippen LogP contribution in [0.3, 0.4) is 0 Å². The SMILES string of the molecule is CCCCCCCC(=O)O.O=P(O)(O)O.[Zn]. The van der Waals surface area contributed by atoms with Crippen molar-refractivity contribution in [3.63, 3.8) is 0 Å². The number of hydrogen-bond acceptors (Lipinski definition) is 2. The first-order valence-electron chi connectivity index (χ1n) is 4.77. The molecule has 6 nitrogen and oxygen atoms in total. The molecule has 0 unspecified atom stereocenters. The summed E-state index contributed by atoms with van der Waals surface area (Å²) in [5.74, 6) is -0.670. The fourth-order valence-corrected chi connectivity index (χ4v) is 0.880. The maximum Gasteiger partial charge on any atom is 0.466 e. The van der Waals surface area contributed by atoms with E-state index in [9.17, 15) is 4.79 Å². The van der Waals surface area contributed by atoms with Crippen LogP contribution in [-0.4, -0.2) is 25.8 Å². The van der Waals surface area contributed by atoms with E-state index in [4.69, 9.17) is 24.4 Å². The molecule has 4 N–H and O–H groups in total. The summed E-state index contributed by atoms with van der Waals surface area (Å²) in [5.41, 5.74) is 0. The summed E-state index contributed by atoms with van der Waals surface area (Å²) in [7, 11) is -4.64. The molecule has 0 aromatic heterocycles. The summed E-state index contributed by atoms with van der Waals surface area (Å²) < 4.78 is 8.88. The zero-order valence-electron chi connectivity index (χ0n) is 9.50. The molecule has 0 atom stereocenters. The summed E-state index contributed by atoms with van der Waals surface area (Å²) in [5, 5.41) is 8.27. The van der Waals surface area contributed by atoms with Crippen molar-refractivity contribution in [1.82, 2.24) is 0 Å². The standard InChI is InChI=1S/C8H16O2.H3O4P.Zn/c1-2-3-4-5-6-7-8(9)10;1-5(2,3)4;/h2-7H2,1H3,(H,9,10);(H3,1,2,3,4);. The van der Waals surface area contributed by atoms with E-state index in [-0.39, 0.29) is 19.5 Å². The molecule has 0 fully saturated rings. The molecule has 0 spiro atoms. The minimum atomic E-state index is -4.64. The molecule has 0 aliphatic rings. The molecule has 0 aliphatic heterocycles. The first-order valence-corrected chi connectivity index (χ1v) is 6.34. The van der Waals surface area contributed by atoms with Crippen LogP contribution in [0.15, 0.2) is 0 Å². The van der Waals surface area contributed by atoms with Gasteiger partial charge in [-0.05, 0) is 6.42 Å². The van der Waals surface area contributed by atoms with Crippen LogP contribution >= 0.6 is 7.82 Å². The summed E-state index contributed by atoms with van der Waals surface area (Å²) in [6.45, 7) is 2.15. The molecule has 0 aliphatic carbocycles. The minimum absolute atomic E-state index is 0. The molecule has 0 aromatic rings. The van der Waals surface area contributed by atoms with E-state index in [0.29, 0.717) is 6.42 Å². The predicted molar refractivity (Wildman–Crippen MR) is 55.3 cm³/mol. The van der Waals surface area contributed by atoms with Crippen molar-refractivity contribution >= 4 is 13.8 Å². The molecule has 0 amide bonds. The average molecular weight is 308 g/mol. The number of carboxylic acid groups (broad SMARTS) is 1. The third-order valence-corrected chi connectivity index (χ3v) is 1.49. The fraction of sp³-hybridized carbons (Fsp3) is 0.875. The molecule has 0 rings (SSSR count). The van der Waals surface area contributed by atoms with Gasteiger partial charge in [-0.3, -0.25) is 4.79 Å². The number of phosphoric acid groups is 1. The number of unbranched alkanes of at least 4 members (excludes halogenated alkanes) is 4. The summed E-state index contributed by atoms with van der Waals surface area (Å²) in [6, 6.07) is 0. The van der Waals surface area contributed by atoms with E-state index in [1.54, 1.807) is 0 Å². The minimum Gasteiger partial charge on any atom is -0.481 e. The van der Waals surface area contributed by atoms with Gasteiger partial charge in [-0.2, -0.15) is 0 Å². The maximum absolute atomic E-state index is 10.0. The van der Waals surface area contributed by atoms with E-state index < -0.39 is 13.8 Å². The van der Waals surface area contributed by atoms with Crippen LogP contribution in [0.4, 0.5) is 0 Å². The first-order chi connectivity index (χ1) is 6.77. The van der Waals surface area contributed by atoms with E-state index in [0.717, 1.165) is 12.8 Å². The number of carbonyl (C=O) groups is 1. The van der Waals surface area contributed by atoms with Crippen LogP contribution < -0.4 is 0 Å². The second kappa shape index (κ2) is 13.3. The number of aliphatic carboxylic acids is 1. The number of rotatable bonds is 6. The molecule has 0 saturated heterocycles. The molecule has 16 heavy (non-hydrogen) atoms. The third kappa shape index (κ3) is 47.7.